The minimum absolute atomic E-state index is 0.128. The quantitative estimate of drug-likeness (QED) is 0.560. The summed E-state index contributed by atoms with van der Waals surface area (Å²) < 4.78 is 4.81. The molecular weight excluding hydrogens is 344 g/mol. The number of esters is 1. The standard InChI is InChI=1S/C19H18N6O2/c1-4-25-23-13-9-8-12(10-15(13)24-25)16-17(14-7-5-6-11(2)20-14)22-18(21-16)19(26)27-3/h5-10H,4H2,1-3H3,(H,21,22). The van der Waals surface area contributed by atoms with Crippen molar-refractivity contribution < 1.29 is 9.53 Å². The molecule has 1 aromatic carbocycles. The Labute approximate surface area is 155 Å². The van der Waals surface area contributed by atoms with E-state index in [4.69, 9.17) is 4.74 Å². The van der Waals surface area contributed by atoms with Gasteiger partial charge in [-0.05, 0) is 38.1 Å². The van der Waals surface area contributed by atoms with Crippen LogP contribution in [0.5, 0.6) is 0 Å². The number of pyridine rings is 1. The molecule has 3 aromatic heterocycles. The monoisotopic (exact) mass is 362 g/mol. The van der Waals surface area contributed by atoms with Crippen molar-refractivity contribution in [2.75, 3.05) is 7.11 Å². The summed E-state index contributed by atoms with van der Waals surface area (Å²) in [7, 11) is 1.32. The number of H-pyrrole nitrogens is 1. The maximum Gasteiger partial charge on any atom is 0.374 e. The van der Waals surface area contributed by atoms with Crippen LogP contribution in [0.4, 0.5) is 0 Å². The molecule has 0 unspecified atom stereocenters. The van der Waals surface area contributed by atoms with Gasteiger partial charge >= 0.3 is 5.97 Å². The molecule has 0 atom stereocenters. The normalized spacial score (nSPS) is 11.1. The van der Waals surface area contributed by atoms with Crippen LogP contribution in [-0.2, 0) is 11.3 Å². The third kappa shape index (κ3) is 3.05. The summed E-state index contributed by atoms with van der Waals surface area (Å²) >= 11 is 0. The molecule has 4 aromatic rings. The van der Waals surface area contributed by atoms with Crippen LogP contribution in [0.15, 0.2) is 36.4 Å². The smallest absolute Gasteiger partial charge is 0.374 e. The molecule has 0 aliphatic heterocycles. The summed E-state index contributed by atoms with van der Waals surface area (Å²) in [5.41, 5.74) is 5.22. The molecule has 0 aliphatic rings. The average Bonchev–Trinajstić information content (AvgIpc) is 3.30. The van der Waals surface area contributed by atoms with Crippen molar-refractivity contribution in [3.05, 3.63) is 47.9 Å². The summed E-state index contributed by atoms with van der Waals surface area (Å²) in [5, 5.41) is 8.85. The van der Waals surface area contributed by atoms with Gasteiger partial charge in [0, 0.05) is 11.3 Å². The lowest BCUT2D eigenvalue weighted by Crippen LogP contribution is -2.03. The Morgan fingerprint density at radius 2 is 1.96 bits per heavy atom. The first kappa shape index (κ1) is 16.9. The van der Waals surface area contributed by atoms with Crippen LogP contribution in [0.25, 0.3) is 33.7 Å². The van der Waals surface area contributed by atoms with Gasteiger partial charge in [0.05, 0.1) is 30.7 Å². The fraction of sp³-hybridized carbons (Fsp3) is 0.211. The highest BCUT2D eigenvalue weighted by Crippen LogP contribution is 2.30. The second-order valence-electron chi connectivity index (χ2n) is 6.06. The summed E-state index contributed by atoms with van der Waals surface area (Å²) in [4.78, 5) is 25.7. The van der Waals surface area contributed by atoms with E-state index in [0.717, 1.165) is 22.3 Å². The van der Waals surface area contributed by atoms with Crippen LogP contribution in [0.2, 0.25) is 0 Å². The Hall–Kier alpha value is -3.55. The van der Waals surface area contributed by atoms with E-state index in [1.165, 1.54) is 7.11 Å². The summed E-state index contributed by atoms with van der Waals surface area (Å²) in [5.74, 6) is -0.406. The molecule has 136 valence electrons. The zero-order valence-electron chi connectivity index (χ0n) is 15.2. The molecule has 0 fully saturated rings. The molecule has 0 saturated heterocycles. The van der Waals surface area contributed by atoms with E-state index in [0.29, 0.717) is 23.6 Å². The van der Waals surface area contributed by atoms with Crippen molar-refractivity contribution in [2.45, 2.75) is 20.4 Å². The van der Waals surface area contributed by atoms with Crippen LogP contribution < -0.4 is 0 Å². The molecule has 0 radical (unpaired) electrons. The fourth-order valence-corrected chi connectivity index (χ4v) is 2.89. The Kier molecular flexibility index (Phi) is 4.15. The third-order valence-corrected chi connectivity index (χ3v) is 4.21. The lowest BCUT2D eigenvalue weighted by atomic mass is 10.1. The zero-order chi connectivity index (χ0) is 19.0. The Morgan fingerprint density at radius 1 is 1.15 bits per heavy atom. The molecule has 0 amide bonds. The number of methoxy groups -OCH3 is 1. The van der Waals surface area contributed by atoms with E-state index >= 15 is 0 Å². The molecule has 0 aliphatic carbocycles. The second kappa shape index (κ2) is 6.64. The number of nitrogens with one attached hydrogen (secondary N) is 1. The van der Waals surface area contributed by atoms with Crippen LogP contribution in [0, 0.1) is 6.92 Å². The predicted octanol–water partition coefficient (Wildman–Crippen LogP) is 3.00. The molecule has 1 N–H and O–H groups in total. The summed E-state index contributed by atoms with van der Waals surface area (Å²) in [6, 6.07) is 11.4. The van der Waals surface area contributed by atoms with Gasteiger partial charge in [0.2, 0.25) is 5.82 Å². The lowest BCUT2D eigenvalue weighted by Gasteiger charge is -2.03. The first-order valence-corrected chi connectivity index (χ1v) is 8.56. The SMILES string of the molecule is CCn1nc2ccc(-c3nc(C(=O)OC)[nH]c3-c3cccc(C)n3)cc2n1. The number of rotatable bonds is 4. The Bertz CT molecular complexity index is 1140. The number of ether oxygens (including phenoxy) is 1. The van der Waals surface area contributed by atoms with Gasteiger partial charge < -0.3 is 9.72 Å². The number of nitrogens with zero attached hydrogens (tertiary/aromatic N) is 5. The van der Waals surface area contributed by atoms with Gasteiger partial charge in [-0.15, -0.1) is 0 Å². The van der Waals surface area contributed by atoms with Gasteiger partial charge in [0.1, 0.15) is 11.0 Å². The topological polar surface area (TPSA) is 98.6 Å². The summed E-state index contributed by atoms with van der Waals surface area (Å²) in [6.45, 7) is 4.59. The first-order valence-electron chi connectivity index (χ1n) is 8.56. The second-order valence-corrected chi connectivity index (χ2v) is 6.06. The number of hydrogen-bond acceptors (Lipinski definition) is 6. The fourth-order valence-electron chi connectivity index (χ4n) is 2.89. The minimum Gasteiger partial charge on any atom is -0.463 e. The zero-order valence-corrected chi connectivity index (χ0v) is 15.2. The maximum absolute atomic E-state index is 12.0. The van der Waals surface area contributed by atoms with Crippen molar-refractivity contribution in [1.82, 2.24) is 29.9 Å². The number of aromatic amines is 1. The predicted molar refractivity (Wildman–Crippen MR) is 100 cm³/mol. The van der Waals surface area contributed by atoms with E-state index in [9.17, 15) is 4.79 Å². The van der Waals surface area contributed by atoms with Gasteiger partial charge in [0.15, 0.2) is 0 Å². The molecule has 8 nitrogen and oxygen atoms in total. The van der Waals surface area contributed by atoms with Crippen LogP contribution >= 0.6 is 0 Å². The van der Waals surface area contributed by atoms with Gasteiger partial charge in [-0.3, -0.25) is 4.98 Å². The maximum atomic E-state index is 12.0. The summed E-state index contributed by atoms with van der Waals surface area (Å²) in [6.07, 6.45) is 0. The number of fused-ring (bicyclic) bond motifs is 1. The van der Waals surface area contributed by atoms with Crippen molar-refractivity contribution in [1.29, 1.82) is 0 Å². The van der Waals surface area contributed by atoms with Gasteiger partial charge in [-0.2, -0.15) is 15.0 Å². The number of benzene rings is 1. The molecule has 0 bridgehead atoms. The average molecular weight is 362 g/mol. The third-order valence-electron chi connectivity index (χ3n) is 4.21. The lowest BCUT2D eigenvalue weighted by molar-refractivity contribution is 0.0588. The molecule has 27 heavy (non-hydrogen) atoms. The number of carbonyl (C=O) groups excluding carboxylic acids is 1. The van der Waals surface area contributed by atoms with Gasteiger partial charge in [-0.25, -0.2) is 9.78 Å². The van der Waals surface area contributed by atoms with E-state index in [1.54, 1.807) is 4.80 Å². The van der Waals surface area contributed by atoms with Crippen LogP contribution in [0.1, 0.15) is 23.2 Å². The number of carbonyl (C=O) groups is 1. The number of aryl methyl sites for hydroxylation is 2. The molecule has 4 rings (SSSR count). The molecule has 0 spiro atoms. The van der Waals surface area contributed by atoms with E-state index < -0.39 is 5.97 Å². The van der Waals surface area contributed by atoms with Crippen molar-refractivity contribution in [2.24, 2.45) is 0 Å². The highest BCUT2D eigenvalue weighted by Gasteiger charge is 2.20. The molecule has 0 saturated carbocycles. The largest absolute Gasteiger partial charge is 0.463 e. The molecule has 8 heteroatoms. The Balaban J connectivity index is 1.90. The molecule has 3 heterocycles. The van der Waals surface area contributed by atoms with Crippen molar-refractivity contribution >= 4 is 17.0 Å². The number of aromatic nitrogens is 6. The van der Waals surface area contributed by atoms with Gasteiger partial charge in [0.25, 0.3) is 0 Å². The highest BCUT2D eigenvalue weighted by molar-refractivity contribution is 5.90. The van der Waals surface area contributed by atoms with Crippen LogP contribution in [-0.4, -0.2) is 43.0 Å². The molecular formula is C19H18N6O2. The number of hydrogen-bond donors (Lipinski definition) is 1. The van der Waals surface area contributed by atoms with Crippen molar-refractivity contribution in [3.8, 4) is 22.6 Å². The minimum atomic E-state index is -0.534. The van der Waals surface area contributed by atoms with Crippen molar-refractivity contribution in [3.63, 3.8) is 0 Å². The Morgan fingerprint density at radius 3 is 2.70 bits per heavy atom. The van der Waals surface area contributed by atoms with Crippen LogP contribution in [0.3, 0.4) is 0 Å². The van der Waals surface area contributed by atoms with Gasteiger partial charge in [-0.1, -0.05) is 12.1 Å². The van der Waals surface area contributed by atoms with E-state index in [2.05, 4.69) is 25.1 Å². The van der Waals surface area contributed by atoms with E-state index in [1.807, 2.05) is 50.2 Å². The number of imidazole rings is 1. The highest BCUT2D eigenvalue weighted by atomic mass is 16.5. The first-order chi connectivity index (χ1) is 13.1. The van der Waals surface area contributed by atoms with E-state index in [-0.39, 0.29) is 5.82 Å².